The molecule has 0 aliphatic heterocycles. The highest BCUT2D eigenvalue weighted by Crippen LogP contribution is 2.37. The molecule has 4 aromatic rings. The average molecular weight is 520 g/mol. The van der Waals surface area contributed by atoms with E-state index in [1.807, 2.05) is 0 Å². The summed E-state index contributed by atoms with van der Waals surface area (Å²) in [7, 11) is -5.05. The summed E-state index contributed by atoms with van der Waals surface area (Å²) in [6.45, 7) is 1.09. The first-order valence-electron chi connectivity index (χ1n) is 9.15. The van der Waals surface area contributed by atoms with Crippen LogP contribution in [0.1, 0.15) is 27.4 Å². The topological polar surface area (TPSA) is 105 Å². The van der Waals surface area contributed by atoms with E-state index in [1.165, 1.54) is 12.3 Å². The molecule has 0 fully saturated rings. The van der Waals surface area contributed by atoms with Gasteiger partial charge < -0.3 is 9.40 Å². The highest BCUT2D eigenvalue weighted by molar-refractivity contribution is 7.92. The van der Waals surface area contributed by atoms with E-state index < -0.39 is 55.5 Å². The first-order valence-corrected chi connectivity index (χ1v) is 11.0. The van der Waals surface area contributed by atoms with Crippen molar-refractivity contribution in [3.63, 3.8) is 0 Å². The normalized spacial score (nSPS) is 12.3. The lowest BCUT2D eigenvalue weighted by molar-refractivity contribution is -0.155. The van der Waals surface area contributed by atoms with Gasteiger partial charge in [0.2, 0.25) is 11.5 Å². The standard InChI is InChI=1S/C20H11ClF5N3O4S/c1-8-4-14(18(33-8)20(24,25)26)34(31,32)29-13-3-2-12(22)15(16(13)23)17(30)11-7-28-19-10(11)5-9(21)6-27-19/h2-7,29H,1H3,(H,27,28). The van der Waals surface area contributed by atoms with Gasteiger partial charge in [0.15, 0.2) is 5.82 Å². The van der Waals surface area contributed by atoms with Crippen LogP contribution >= 0.6 is 11.6 Å². The number of furan rings is 1. The molecule has 0 atom stereocenters. The summed E-state index contributed by atoms with van der Waals surface area (Å²) < 4.78 is 100. The molecular formula is C20H11ClF5N3O4S. The maximum Gasteiger partial charge on any atom is 0.450 e. The minimum absolute atomic E-state index is 0.138. The van der Waals surface area contributed by atoms with Crippen molar-refractivity contribution in [3.8, 4) is 0 Å². The molecule has 1 aromatic carbocycles. The summed E-state index contributed by atoms with van der Waals surface area (Å²) in [5, 5.41) is 0.283. The summed E-state index contributed by atoms with van der Waals surface area (Å²) in [4.78, 5) is 18.2. The van der Waals surface area contributed by atoms with Gasteiger partial charge in [-0.15, -0.1) is 0 Å². The predicted molar refractivity (Wildman–Crippen MR) is 110 cm³/mol. The molecule has 4 rings (SSSR count). The fourth-order valence-corrected chi connectivity index (χ4v) is 4.67. The van der Waals surface area contributed by atoms with Gasteiger partial charge in [-0.2, -0.15) is 13.2 Å². The minimum Gasteiger partial charge on any atom is -0.455 e. The lowest BCUT2D eigenvalue weighted by atomic mass is 10.0. The molecule has 0 saturated heterocycles. The molecule has 7 nitrogen and oxygen atoms in total. The van der Waals surface area contributed by atoms with Gasteiger partial charge in [0.05, 0.1) is 16.3 Å². The predicted octanol–water partition coefficient (Wildman–Crippen LogP) is 5.45. The van der Waals surface area contributed by atoms with Crippen LogP contribution < -0.4 is 4.72 Å². The maximum absolute atomic E-state index is 15.2. The molecule has 178 valence electrons. The van der Waals surface area contributed by atoms with Gasteiger partial charge in [-0.1, -0.05) is 11.6 Å². The molecule has 0 radical (unpaired) electrons. The average Bonchev–Trinajstić information content (AvgIpc) is 3.33. The summed E-state index contributed by atoms with van der Waals surface area (Å²) in [5.74, 6) is -6.33. The number of hydrogen-bond donors (Lipinski definition) is 2. The Bertz CT molecular complexity index is 1560. The van der Waals surface area contributed by atoms with Gasteiger partial charge in [-0.3, -0.25) is 9.52 Å². The van der Waals surface area contributed by atoms with Crippen LogP contribution in [0.2, 0.25) is 5.02 Å². The SMILES string of the molecule is Cc1cc(S(=O)(=O)Nc2ccc(F)c(C(=O)c3c[nH]c4ncc(Cl)cc34)c2F)c(C(F)(F)F)o1. The van der Waals surface area contributed by atoms with Crippen molar-refractivity contribution in [1.29, 1.82) is 0 Å². The number of sulfonamides is 1. The molecule has 34 heavy (non-hydrogen) atoms. The summed E-state index contributed by atoms with van der Waals surface area (Å²) in [6.07, 6.45) is -2.75. The Morgan fingerprint density at radius 1 is 1.21 bits per heavy atom. The number of anilines is 1. The number of rotatable bonds is 5. The Labute approximate surface area is 192 Å². The molecule has 2 N–H and O–H groups in total. The van der Waals surface area contributed by atoms with Crippen LogP contribution in [0.25, 0.3) is 11.0 Å². The third kappa shape index (κ3) is 4.12. The number of aromatic nitrogens is 2. The molecule has 0 bridgehead atoms. The molecule has 0 spiro atoms. The Balaban J connectivity index is 1.78. The number of aromatic amines is 1. The number of ketones is 1. The number of fused-ring (bicyclic) bond motifs is 1. The van der Waals surface area contributed by atoms with E-state index >= 15 is 4.39 Å². The van der Waals surface area contributed by atoms with Gasteiger partial charge in [-0.25, -0.2) is 22.2 Å². The van der Waals surface area contributed by atoms with Gasteiger partial charge in [0.25, 0.3) is 10.0 Å². The van der Waals surface area contributed by atoms with Crippen LogP contribution in [-0.4, -0.2) is 24.2 Å². The molecule has 14 heteroatoms. The number of pyridine rings is 1. The number of halogens is 6. The monoisotopic (exact) mass is 519 g/mol. The Hall–Kier alpha value is -3.45. The summed E-state index contributed by atoms with van der Waals surface area (Å²) in [5.41, 5.74) is -2.11. The van der Waals surface area contributed by atoms with Crippen molar-refractivity contribution in [1.82, 2.24) is 9.97 Å². The first kappa shape index (κ1) is 23.7. The van der Waals surface area contributed by atoms with Crippen molar-refractivity contribution in [3.05, 3.63) is 76.0 Å². The van der Waals surface area contributed by atoms with Crippen molar-refractivity contribution in [2.24, 2.45) is 0 Å². The van der Waals surface area contributed by atoms with Gasteiger partial charge in [-0.05, 0) is 25.1 Å². The zero-order valence-electron chi connectivity index (χ0n) is 16.7. The van der Waals surface area contributed by atoms with Crippen LogP contribution in [0.3, 0.4) is 0 Å². The second-order valence-electron chi connectivity index (χ2n) is 7.02. The molecule has 0 aliphatic carbocycles. The zero-order chi connectivity index (χ0) is 25.0. The van der Waals surface area contributed by atoms with Crippen LogP contribution in [0, 0.1) is 18.6 Å². The summed E-state index contributed by atoms with van der Waals surface area (Å²) in [6, 6.07) is 3.16. The molecule has 0 saturated carbocycles. The van der Waals surface area contributed by atoms with Crippen molar-refractivity contribution in [2.45, 2.75) is 18.0 Å². The van der Waals surface area contributed by atoms with E-state index in [0.717, 1.165) is 13.1 Å². The molecule has 3 heterocycles. The zero-order valence-corrected chi connectivity index (χ0v) is 18.3. The van der Waals surface area contributed by atoms with E-state index in [9.17, 15) is 30.8 Å². The number of benzene rings is 1. The highest BCUT2D eigenvalue weighted by atomic mass is 35.5. The quantitative estimate of drug-likeness (QED) is 0.269. The largest absolute Gasteiger partial charge is 0.455 e. The third-order valence-corrected chi connectivity index (χ3v) is 6.25. The van der Waals surface area contributed by atoms with Crippen LogP contribution in [0.15, 0.2) is 46.0 Å². The second-order valence-corrected chi connectivity index (χ2v) is 9.11. The van der Waals surface area contributed by atoms with Crippen molar-refractivity contribution in [2.75, 3.05) is 4.72 Å². The molecule has 3 aromatic heterocycles. The van der Waals surface area contributed by atoms with Crippen LogP contribution in [0.5, 0.6) is 0 Å². The minimum atomic E-state index is -5.16. The van der Waals surface area contributed by atoms with E-state index in [-0.39, 0.29) is 27.4 Å². The maximum atomic E-state index is 15.2. The smallest absolute Gasteiger partial charge is 0.450 e. The van der Waals surface area contributed by atoms with Gasteiger partial charge >= 0.3 is 6.18 Å². The van der Waals surface area contributed by atoms with E-state index in [2.05, 4.69) is 14.4 Å². The Morgan fingerprint density at radius 2 is 1.91 bits per heavy atom. The van der Waals surface area contributed by atoms with E-state index in [1.54, 1.807) is 4.72 Å². The number of nitrogens with one attached hydrogen (secondary N) is 2. The molecule has 0 unspecified atom stereocenters. The van der Waals surface area contributed by atoms with Crippen molar-refractivity contribution >= 4 is 44.1 Å². The van der Waals surface area contributed by atoms with Crippen LogP contribution in [-0.2, 0) is 16.2 Å². The molecule has 0 aliphatic rings. The molecule has 0 amide bonds. The van der Waals surface area contributed by atoms with Crippen LogP contribution in [0.4, 0.5) is 27.6 Å². The number of carbonyl (C=O) groups is 1. The lowest BCUT2D eigenvalue weighted by Crippen LogP contribution is -2.19. The number of hydrogen-bond acceptors (Lipinski definition) is 5. The first-order chi connectivity index (χ1) is 15.8. The lowest BCUT2D eigenvalue weighted by Gasteiger charge is -2.12. The number of carbonyl (C=O) groups excluding carboxylic acids is 1. The van der Waals surface area contributed by atoms with E-state index in [4.69, 9.17) is 11.6 Å². The van der Waals surface area contributed by atoms with Crippen molar-refractivity contribution < 1.29 is 39.6 Å². The number of H-pyrrole nitrogens is 1. The number of aryl methyl sites for hydroxylation is 1. The summed E-state index contributed by atoms with van der Waals surface area (Å²) >= 11 is 5.86. The fraction of sp³-hybridized carbons (Fsp3) is 0.100. The second kappa shape index (κ2) is 8.09. The fourth-order valence-electron chi connectivity index (χ4n) is 3.23. The Kier molecular flexibility index (Phi) is 5.64. The number of alkyl halides is 3. The van der Waals surface area contributed by atoms with Gasteiger partial charge in [0, 0.05) is 29.4 Å². The highest BCUT2D eigenvalue weighted by Gasteiger charge is 2.42. The third-order valence-electron chi connectivity index (χ3n) is 4.67. The molecular weight excluding hydrogens is 509 g/mol. The number of nitrogens with zero attached hydrogens (tertiary/aromatic N) is 1. The van der Waals surface area contributed by atoms with Gasteiger partial charge in [0.1, 0.15) is 22.1 Å². The Morgan fingerprint density at radius 3 is 2.59 bits per heavy atom. The van der Waals surface area contributed by atoms with E-state index in [0.29, 0.717) is 18.2 Å².